The van der Waals surface area contributed by atoms with Gasteiger partial charge in [0.2, 0.25) is 0 Å². The number of anilines is 1. The van der Waals surface area contributed by atoms with Gasteiger partial charge in [-0.25, -0.2) is 0 Å². The molecule has 0 aliphatic carbocycles. The SMILES string of the molecule is Clc1ccc(NCCOc2cc(Cl)c(Cl)cc2Cl)cc1. The molecule has 106 valence electrons. The van der Waals surface area contributed by atoms with E-state index in [0.717, 1.165) is 5.69 Å². The fourth-order valence-corrected chi connectivity index (χ4v) is 2.26. The smallest absolute Gasteiger partial charge is 0.139 e. The van der Waals surface area contributed by atoms with Crippen LogP contribution in [0.5, 0.6) is 5.75 Å². The summed E-state index contributed by atoms with van der Waals surface area (Å²) >= 11 is 23.6. The maximum atomic E-state index is 6.01. The summed E-state index contributed by atoms with van der Waals surface area (Å²) < 4.78 is 5.55. The average molecular weight is 351 g/mol. The minimum absolute atomic E-state index is 0.406. The normalized spacial score (nSPS) is 10.4. The van der Waals surface area contributed by atoms with Crippen LogP contribution in [0.3, 0.4) is 0 Å². The predicted octanol–water partition coefficient (Wildman–Crippen LogP) is 5.79. The van der Waals surface area contributed by atoms with Gasteiger partial charge < -0.3 is 10.1 Å². The average Bonchev–Trinajstić information content (AvgIpc) is 2.42. The molecule has 0 fully saturated rings. The van der Waals surface area contributed by atoms with Crippen LogP contribution in [-0.4, -0.2) is 13.2 Å². The molecule has 0 heterocycles. The monoisotopic (exact) mass is 349 g/mol. The summed E-state index contributed by atoms with van der Waals surface area (Å²) in [5.74, 6) is 0.513. The summed E-state index contributed by atoms with van der Waals surface area (Å²) in [5.41, 5.74) is 0.971. The molecule has 20 heavy (non-hydrogen) atoms. The lowest BCUT2D eigenvalue weighted by molar-refractivity contribution is 0.333. The number of ether oxygens (including phenoxy) is 1. The van der Waals surface area contributed by atoms with Crippen molar-refractivity contribution in [3.05, 3.63) is 56.5 Å². The van der Waals surface area contributed by atoms with Gasteiger partial charge in [0.25, 0.3) is 0 Å². The molecule has 0 spiro atoms. The quantitative estimate of drug-likeness (QED) is 0.544. The predicted molar refractivity (Wildman–Crippen MR) is 86.9 cm³/mol. The Morgan fingerprint density at radius 3 is 2.20 bits per heavy atom. The number of hydrogen-bond acceptors (Lipinski definition) is 2. The van der Waals surface area contributed by atoms with Crippen molar-refractivity contribution in [3.63, 3.8) is 0 Å². The molecule has 1 N–H and O–H groups in total. The molecule has 2 aromatic carbocycles. The van der Waals surface area contributed by atoms with Gasteiger partial charge in [0.15, 0.2) is 0 Å². The maximum Gasteiger partial charge on any atom is 0.139 e. The second-order valence-corrected chi connectivity index (χ2v) is 5.64. The van der Waals surface area contributed by atoms with Gasteiger partial charge in [0.05, 0.1) is 15.1 Å². The minimum atomic E-state index is 0.406. The Kier molecular flexibility index (Phi) is 5.67. The van der Waals surface area contributed by atoms with E-state index in [1.54, 1.807) is 12.1 Å². The topological polar surface area (TPSA) is 21.3 Å². The second kappa shape index (κ2) is 7.28. The van der Waals surface area contributed by atoms with E-state index in [-0.39, 0.29) is 0 Å². The van der Waals surface area contributed by atoms with Crippen LogP contribution in [0.1, 0.15) is 0 Å². The van der Waals surface area contributed by atoms with E-state index in [1.165, 1.54) is 0 Å². The van der Waals surface area contributed by atoms with Crippen molar-refractivity contribution in [3.8, 4) is 5.75 Å². The molecule has 0 atom stereocenters. The van der Waals surface area contributed by atoms with Crippen molar-refractivity contribution in [1.29, 1.82) is 0 Å². The summed E-state index contributed by atoms with van der Waals surface area (Å²) in [6.07, 6.45) is 0. The lowest BCUT2D eigenvalue weighted by Crippen LogP contribution is -2.11. The number of rotatable bonds is 5. The van der Waals surface area contributed by atoms with Crippen LogP contribution in [0.4, 0.5) is 5.69 Å². The lowest BCUT2D eigenvalue weighted by atomic mass is 10.3. The molecule has 2 rings (SSSR count). The summed E-state index contributed by atoms with van der Waals surface area (Å²) in [4.78, 5) is 0. The van der Waals surface area contributed by atoms with Gasteiger partial charge in [-0.1, -0.05) is 46.4 Å². The fourth-order valence-electron chi connectivity index (χ4n) is 1.54. The highest BCUT2D eigenvalue weighted by Crippen LogP contribution is 2.33. The van der Waals surface area contributed by atoms with Crippen molar-refractivity contribution in [2.24, 2.45) is 0 Å². The molecule has 6 heteroatoms. The Morgan fingerprint density at radius 2 is 1.50 bits per heavy atom. The Hall–Kier alpha value is -0.800. The molecule has 0 saturated carbocycles. The van der Waals surface area contributed by atoms with Gasteiger partial charge in [-0.15, -0.1) is 0 Å². The van der Waals surface area contributed by atoms with Crippen molar-refractivity contribution < 1.29 is 4.74 Å². The first kappa shape index (κ1) is 15.6. The highest BCUT2D eigenvalue weighted by atomic mass is 35.5. The highest BCUT2D eigenvalue weighted by Gasteiger charge is 2.06. The zero-order chi connectivity index (χ0) is 14.5. The molecule has 0 saturated heterocycles. The highest BCUT2D eigenvalue weighted by molar-refractivity contribution is 6.43. The van der Waals surface area contributed by atoms with E-state index in [1.807, 2.05) is 24.3 Å². The standard InChI is InChI=1S/C14H11Cl4NO/c15-9-1-3-10(4-2-9)19-5-6-20-14-8-12(17)11(16)7-13(14)18/h1-4,7-8,19H,5-6H2. The zero-order valence-electron chi connectivity index (χ0n) is 10.3. The zero-order valence-corrected chi connectivity index (χ0v) is 13.3. The molecule has 0 unspecified atom stereocenters. The molecular weight excluding hydrogens is 340 g/mol. The molecule has 2 nitrogen and oxygen atoms in total. The third-order valence-corrected chi connectivity index (χ3v) is 3.78. The Balaban J connectivity index is 1.84. The molecule has 0 aliphatic heterocycles. The van der Waals surface area contributed by atoms with E-state index in [2.05, 4.69) is 5.32 Å². The van der Waals surface area contributed by atoms with Gasteiger partial charge in [-0.05, 0) is 30.3 Å². The first-order chi connectivity index (χ1) is 9.56. The first-order valence-electron chi connectivity index (χ1n) is 5.83. The number of benzene rings is 2. The third-order valence-electron chi connectivity index (χ3n) is 2.51. The summed E-state index contributed by atoms with van der Waals surface area (Å²) in [6, 6.07) is 10.6. The lowest BCUT2D eigenvalue weighted by Gasteiger charge is -2.10. The van der Waals surface area contributed by atoms with Crippen molar-refractivity contribution >= 4 is 52.1 Å². The Bertz CT molecular complexity index is 586. The molecule has 0 aliphatic rings. The van der Waals surface area contributed by atoms with Crippen LogP contribution in [0, 0.1) is 0 Å². The molecule has 0 radical (unpaired) electrons. The van der Waals surface area contributed by atoms with Gasteiger partial charge in [-0.2, -0.15) is 0 Å². The minimum Gasteiger partial charge on any atom is -0.490 e. The molecule has 2 aromatic rings. The van der Waals surface area contributed by atoms with Crippen LogP contribution in [-0.2, 0) is 0 Å². The first-order valence-corrected chi connectivity index (χ1v) is 7.34. The van der Waals surface area contributed by atoms with Gasteiger partial charge in [0.1, 0.15) is 12.4 Å². The van der Waals surface area contributed by atoms with Gasteiger partial charge in [0, 0.05) is 23.3 Å². The van der Waals surface area contributed by atoms with Crippen LogP contribution in [0.2, 0.25) is 20.1 Å². The van der Waals surface area contributed by atoms with Gasteiger partial charge in [-0.3, -0.25) is 0 Å². The molecule has 0 bridgehead atoms. The number of nitrogens with one attached hydrogen (secondary N) is 1. The second-order valence-electron chi connectivity index (χ2n) is 3.98. The van der Waals surface area contributed by atoms with Crippen LogP contribution >= 0.6 is 46.4 Å². The van der Waals surface area contributed by atoms with Crippen LogP contribution in [0.15, 0.2) is 36.4 Å². The summed E-state index contributed by atoms with van der Waals surface area (Å²) in [7, 11) is 0. The van der Waals surface area contributed by atoms with Crippen LogP contribution < -0.4 is 10.1 Å². The Labute approximate surface area is 137 Å². The van der Waals surface area contributed by atoms with Crippen molar-refractivity contribution in [2.45, 2.75) is 0 Å². The molecular formula is C14H11Cl4NO. The molecule has 0 amide bonds. The van der Waals surface area contributed by atoms with E-state index >= 15 is 0 Å². The van der Waals surface area contributed by atoms with E-state index in [9.17, 15) is 0 Å². The van der Waals surface area contributed by atoms with E-state index in [4.69, 9.17) is 51.1 Å². The van der Waals surface area contributed by atoms with E-state index < -0.39 is 0 Å². The van der Waals surface area contributed by atoms with E-state index in [0.29, 0.717) is 39.0 Å². The fraction of sp³-hybridized carbons (Fsp3) is 0.143. The Morgan fingerprint density at radius 1 is 0.850 bits per heavy atom. The summed E-state index contributed by atoms with van der Waals surface area (Å²) in [5, 5.41) is 5.16. The van der Waals surface area contributed by atoms with Crippen molar-refractivity contribution in [2.75, 3.05) is 18.5 Å². The largest absolute Gasteiger partial charge is 0.490 e. The molecule has 0 aromatic heterocycles. The van der Waals surface area contributed by atoms with Crippen molar-refractivity contribution in [1.82, 2.24) is 0 Å². The number of halogens is 4. The third kappa shape index (κ3) is 4.35. The summed E-state index contributed by atoms with van der Waals surface area (Å²) in [6.45, 7) is 1.07. The number of hydrogen-bond donors (Lipinski definition) is 1. The maximum absolute atomic E-state index is 6.01. The van der Waals surface area contributed by atoms with Gasteiger partial charge >= 0.3 is 0 Å². The van der Waals surface area contributed by atoms with Crippen LogP contribution in [0.25, 0.3) is 0 Å².